The molecule has 1 saturated carbocycles. The third-order valence-corrected chi connectivity index (χ3v) is 5.92. The number of amides is 1. The smallest absolute Gasteiger partial charge is 0.261 e. The zero-order chi connectivity index (χ0) is 18.1. The van der Waals surface area contributed by atoms with E-state index >= 15 is 0 Å². The van der Waals surface area contributed by atoms with Crippen LogP contribution in [0, 0.1) is 0 Å². The molecule has 1 fully saturated rings. The Kier molecular flexibility index (Phi) is 4.91. The van der Waals surface area contributed by atoms with Crippen LogP contribution in [0.3, 0.4) is 0 Å². The van der Waals surface area contributed by atoms with Crippen molar-refractivity contribution in [3.8, 4) is 0 Å². The number of rotatable bonds is 6. The molecule has 1 aliphatic carbocycles. The SMILES string of the molecule is O=C(CCn1cnc2ccc(Br)cc2c1=O)N(Cc1cccs1)C1CC1. The molecule has 0 unspecified atom stereocenters. The highest BCUT2D eigenvalue weighted by molar-refractivity contribution is 9.10. The quantitative estimate of drug-likeness (QED) is 0.596. The number of aromatic nitrogens is 2. The minimum absolute atomic E-state index is 0.0992. The molecule has 0 N–H and O–H groups in total. The highest BCUT2D eigenvalue weighted by atomic mass is 79.9. The summed E-state index contributed by atoms with van der Waals surface area (Å²) in [6, 6.07) is 9.87. The monoisotopic (exact) mass is 431 g/mol. The Balaban J connectivity index is 1.49. The molecule has 134 valence electrons. The molecule has 2 heterocycles. The van der Waals surface area contributed by atoms with E-state index in [2.05, 4.69) is 27.0 Å². The lowest BCUT2D eigenvalue weighted by Crippen LogP contribution is -2.33. The number of hydrogen-bond acceptors (Lipinski definition) is 4. The second-order valence-electron chi connectivity index (χ2n) is 6.49. The molecule has 0 spiro atoms. The van der Waals surface area contributed by atoms with Crippen LogP contribution in [0.25, 0.3) is 10.9 Å². The van der Waals surface area contributed by atoms with Crippen LogP contribution in [0.4, 0.5) is 0 Å². The Morgan fingerprint density at radius 2 is 2.19 bits per heavy atom. The van der Waals surface area contributed by atoms with E-state index in [1.165, 1.54) is 15.8 Å². The third-order valence-electron chi connectivity index (χ3n) is 4.57. The largest absolute Gasteiger partial charge is 0.335 e. The van der Waals surface area contributed by atoms with Crippen molar-refractivity contribution in [2.45, 2.75) is 38.4 Å². The minimum atomic E-state index is -0.111. The second-order valence-corrected chi connectivity index (χ2v) is 8.43. The van der Waals surface area contributed by atoms with E-state index < -0.39 is 0 Å². The van der Waals surface area contributed by atoms with Crippen LogP contribution < -0.4 is 5.56 Å². The van der Waals surface area contributed by atoms with Gasteiger partial charge in [-0.25, -0.2) is 4.98 Å². The number of fused-ring (bicyclic) bond motifs is 1. The van der Waals surface area contributed by atoms with Crippen molar-refractivity contribution in [1.29, 1.82) is 0 Å². The molecule has 0 atom stereocenters. The van der Waals surface area contributed by atoms with E-state index in [-0.39, 0.29) is 11.5 Å². The molecule has 5 nitrogen and oxygen atoms in total. The van der Waals surface area contributed by atoms with Crippen LogP contribution in [0.5, 0.6) is 0 Å². The van der Waals surface area contributed by atoms with E-state index in [0.29, 0.717) is 36.5 Å². The van der Waals surface area contributed by atoms with Gasteiger partial charge in [-0.1, -0.05) is 22.0 Å². The van der Waals surface area contributed by atoms with Crippen molar-refractivity contribution in [1.82, 2.24) is 14.5 Å². The molecule has 0 aliphatic heterocycles. The summed E-state index contributed by atoms with van der Waals surface area (Å²) in [5, 5.41) is 2.59. The second kappa shape index (κ2) is 7.32. The zero-order valence-electron chi connectivity index (χ0n) is 14.1. The summed E-state index contributed by atoms with van der Waals surface area (Å²) in [6.07, 6.45) is 3.99. The van der Waals surface area contributed by atoms with Crippen molar-refractivity contribution in [2.75, 3.05) is 0 Å². The van der Waals surface area contributed by atoms with E-state index in [9.17, 15) is 9.59 Å². The highest BCUT2D eigenvalue weighted by Gasteiger charge is 2.32. The van der Waals surface area contributed by atoms with Gasteiger partial charge in [0.25, 0.3) is 5.56 Å². The Bertz CT molecular complexity index is 996. The van der Waals surface area contributed by atoms with Gasteiger partial charge < -0.3 is 4.90 Å². The number of halogens is 1. The van der Waals surface area contributed by atoms with Crippen LogP contribution in [-0.4, -0.2) is 26.4 Å². The van der Waals surface area contributed by atoms with Gasteiger partial charge in [0.2, 0.25) is 5.91 Å². The highest BCUT2D eigenvalue weighted by Crippen LogP contribution is 2.29. The van der Waals surface area contributed by atoms with Crippen molar-refractivity contribution in [3.05, 3.63) is 61.7 Å². The van der Waals surface area contributed by atoms with Crippen molar-refractivity contribution >= 4 is 44.1 Å². The van der Waals surface area contributed by atoms with Crippen molar-refractivity contribution in [3.63, 3.8) is 0 Å². The number of aryl methyl sites for hydroxylation is 1. The summed E-state index contributed by atoms with van der Waals surface area (Å²) < 4.78 is 2.37. The Hall–Kier alpha value is -1.99. The maximum atomic E-state index is 12.7. The fourth-order valence-electron chi connectivity index (χ4n) is 3.03. The van der Waals surface area contributed by atoms with E-state index in [4.69, 9.17) is 0 Å². The standard InChI is InChI=1S/C19H18BrN3O2S/c20-13-3-6-17-16(10-13)19(25)22(12-21-17)8-7-18(24)23(14-4-5-14)11-15-2-1-9-26-15/h1-3,6,9-10,12,14H,4-5,7-8,11H2. The summed E-state index contributed by atoms with van der Waals surface area (Å²) >= 11 is 5.06. The normalized spacial score (nSPS) is 13.9. The van der Waals surface area contributed by atoms with Gasteiger partial charge in [0, 0.05) is 28.4 Å². The van der Waals surface area contributed by atoms with Gasteiger partial charge in [-0.15, -0.1) is 11.3 Å². The molecule has 4 rings (SSSR count). The van der Waals surface area contributed by atoms with Gasteiger partial charge >= 0.3 is 0 Å². The first kappa shape index (κ1) is 17.4. The van der Waals surface area contributed by atoms with Gasteiger partial charge in [0.15, 0.2) is 0 Å². The Morgan fingerprint density at radius 1 is 1.35 bits per heavy atom. The lowest BCUT2D eigenvalue weighted by atomic mass is 10.2. The third kappa shape index (κ3) is 3.73. The minimum Gasteiger partial charge on any atom is -0.335 e. The molecule has 2 aromatic heterocycles. The number of carbonyl (C=O) groups excluding carboxylic acids is 1. The molecule has 0 saturated heterocycles. The van der Waals surface area contributed by atoms with Crippen LogP contribution in [0.15, 0.2) is 51.3 Å². The summed E-state index contributed by atoms with van der Waals surface area (Å²) in [7, 11) is 0. The molecule has 26 heavy (non-hydrogen) atoms. The fraction of sp³-hybridized carbons (Fsp3) is 0.316. The van der Waals surface area contributed by atoms with Crippen molar-refractivity contribution in [2.24, 2.45) is 0 Å². The van der Waals surface area contributed by atoms with Crippen LogP contribution >= 0.6 is 27.3 Å². The van der Waals surface area contributed by atoms with Crippen molar-refractivity contribution < 1.29 is 4.79 Å². The fourth-order valence-corrected chi connectivity index (χ4v) is 4.09. The first-order valence-electron chi connectivity index (χ1n) is 8.58. The lowest BCUT2D eigenvalue weighted by molar-refractivity contribution is -0.132. The lowest BCUT2D eigenvalue weighted by Gasteiger charge is -2.22. The topological polar surface area (TPSA) is 55.2 Å². The molecular formula is C19H18BrN3O2S. The van der Waals surface area contributed by atoms with E-state index in [1.807, 2.05) is 28.5 Å². The maximum Gasteiger partial charge on any atom is 0.261 e. The van der Waals surface area contributed by atoms with E-state index in [1.54, 1.807) is 17.4 Å². The molecule has 1 amide bonds. The van der Waals surface area contributed by atoms with Gasteiger partial charge in [0.05, 0.1) is 23.8 Å². The average molecular weight is 432 g/mol. The molecule has 7 heteroatoms. The number of nitrogens with zero attached hydrogens (tertiary/aromatic N) is 3. The predicted molar refractivity (Wildman–Crippen MR) is 106 cm³/mol. The van der Waals surface area contributed by atoms with Crippen LogP contribution in [0.1, 0.15) is 24.1 Å². The van der Waals surface area contributed by atoms with Gasteiger partial charge in [-0.3, -0.25) is 14.2 Å². The summed E-state index contributed by atoms with van der Waals surface area (Å²) in [5.74, 6) is 0.0992. The first-order valence-corrected chi connectivity index (χ1v) is 10.3. The number of thiophene rings is 1. The maximum absolute atomic E-state index is 12.7. The first-order chi connectivity index (χ1) is 12.6. The molecule has 1 aromatic carbocycles. The Morgan fingerprint density at radius 3 is 2.92 bits per heavy atom. The molecule has 0 radical (unpaired) electrons. The zero-order valence-corrected chi connectivity index (χ0v) is 16.5. The summed E-state index contributed by atoms with van der Waals surface area (Å²) in [5.41, 5.74) is 0.554. The summed E-state index contributed by atoms with van der Waals surface area (Å²) in [4.78, 5) is 32.9. The van der Waals surface area contributed by atoms with E-state index in [0.717, 1.165) is 17.3 Å². The molecule has 1 aliphatic rings. The average Bonchev–Trinajstić information content (AvgIpc) is 3.35. The Labute approximate surface area is 163 Å². The van der Waals surface area contributed by atoms with Gasteiger partial charge in [0.1, 0.15) is 0 Å². The number of carbonyl (C=O) groups is 1. The van der Waals surface area contributed by atoms with Crippen LogP contribution in [0.2, 0.25) is 0 Å². The summed E-state index contributed by atoms with van der Waals surface area (Å²) in [6.45, 7) is 1.01. The van der Waals surface area contributed by atoms with Gasteiger partial charge in [-0.2, -0.15) is 0 Å². The molecule has 0 bridgehead atoms. The van der Waals surface area contributed by atoms with Crippen LogP contribution in [-0.2, 0) is 17.9 Å². The van der Waals surface area contributed by atoms with Gasteiger partial charge in [-0.05, 0) is 42.5 Å². The molecular weight excluding hydrogens is 414 g/mol. The number of hydrogen-bond donors (Lipinski definition) is 0. The number of benzene rings is 1. The molecule has 3 aromatic rings. The predicted octanol–water partition coefficient (Wildman–Crippen LogP) is 3.80.